The maximum Gasteiger partial charge on any atom is 0.242 e. The smallest absolute Gasteiger partial charge is 0.242 e. The first-order chi connectivity index (χ1) is 14.0. The summed E-state index contributed by atoms with van der Waals surface area (Å²) in [6.07, 6.45) is 3.95. The third kappa shape index (κ3) is 4.46. The zero-order valence-electron chi connectivity index (χ0n) is 16.3. The van der Waals surface area contributed by atoms with Crippen LogP contribution >= 0.6 is 0 Å². The number of pyridine rings is 1. The summed E-state index contributed by atoms with van der Waals surface area (Å²) in [7, 11) is -3.67. The van der Waals surface area contributed by atoms with E-state index >= 15 is 0 Å². The van der Waals surface area contributed by atoms with Gasteiger partial charge in [-0.1, -0.05) is 18.2 Å². The Morgan fingerprint density at radius 2 is 1.86 bits per heavy atom. The van der Waals surface area contributed by atoms with E-state index in [1.807, 2.05) is 25.1 Å². The lowest BCUT2D eigenvalue weighted by atomic mass is 10.2. The largest absolute Gasteiger partial charge is 0.356 e. The molecule has 0 spiro atoms. The number of nitrogens with one attached hydrogen (secondary N) is 2. The van der Waals surface area contributed by atoms with Gasteiger partial charge < -0.3 is 10.2 Å². The lowest BCUT2D eigenvalue weighted by Crippen LogP contribution is -2.29. The Bertz CT molecular complexity index is 1110. The number of benzene rings is 1. The zero-order valence-corrected chi connectivity index (χ0v) is 17.1. The van der Waals surface area contributed by atoms with Crippen molar-refractivity contribution in [3.05, 3.63) is 48.3 Å². The molecular weight excluding hydrogens is 388 g/mol. The summed E-state index contributed by atoms with van der Waals surface area (Å²) in [5, 5.41) is 3.91. The van der Waals surface area contributed by atoms with E-state index in [1.165, 1.54) is 12.8 Å². The first-order valence-electron chi connectivity index (χ1n) is 9.71. The molecule has 0 unspecified atom stereocenters. The average Bonchev–Trinajstić information content (AvgIpc) is 3.25. The van der Waals surface area contributed by atoms with E-state index in [1.54, 1.807) is 24.4 Å². The van der Waals surface area contributed by atoms with Crippen LogP contribution in [0.1, 0.15) is 18.5 Å². The lowest BCUT2D eigenvalue weighted by Gasteiger charge is -2.17. The van der Waals surface area contributed by atoms with Crippen LogP contribution in [0.15, 0.2) is 47.5 Å². The van der Waals surface area contributed by atoms with E-state index in [-0.39, 0.29) is 11.4 Å². The molecule has 2 N–H and O–H groups in total. The van der Waals surface area contributed by atoms with Gasteiger partial charge >= 0.3 is 0 Å². The topological polar surface area (TPSA) is 100 Å². The molecule has 152 valence electrons. The van der Waals surface area contributed by atoms with Gasteiger partial charge in [-0.3, -0.25) is 4.98 Å². The van der Waals surface area contributed by atoms with Gasteiger partial charge in [-0.25, -0.2) is 18.1 Å². The second-order valence-electron chi connectivity index (χ2n) is 7.04. The number of fused-ring (bicyclic) bond motifs is 1. The Kier molecular flexibility index (Phi) is 5.59. The summed E-state index contributed by atoms with van der Waals surface area (Å²) < 4.78 is 28.1. The van der Waals surface area contributed by atoms with Crippen molar-refractivity contribution >= 4 is 32.7 Å². The molecule has 0 saturated carbocycles. The van der Waals surface area contributed by atoms with Gasteiger partial charge in [0.25, 0.3) is 0 Å². The highest BCUT2D eigenvalue weighted by molar-refractivity contribution is 7.89. The third-order valence-electron chi connectivity index (χ3n) is 4.86. The van der Waals surface area contributed by atoms with Crippen LogP contribution in [0, 0.1) is 6.92 Å². The maximum atomic E-state index is 12.7. The molecule has 0 aliphatic carbocycles. The van der Waals surface area contributed by atoms with Gasteiger partial charge in [0.1, 0.15) is 10.7 Å². The molecule has 0 atom stereocenters. The fourth-order valence-corrected chi connectivity index (χ4v) is 4.68. The van der Waals surface area contributed by atoms with Gasteiger partial charge in [0.2, 0.25) is 16.0 Å². The Morgan fingerprint density at radius 1 is 1.07 bits per heavy atom. The minimum Gasteiger partial charge on any atom is -0.356 e. The first kappa shape index (κ1) is 19.5. The summed E-state index contributed by atoms with van der Waals surface area (Å²) in [5.74, 6) is 1.43. The summed E-state index contributed by atoms with van der Waals surface area (Å²) in [6.45, 7) is 4.54. The molecule has 29 heavy (non-hydrogen) atoms. The normalized spacial score (nSPS) is 14.4. The quantitative estimate of drug-likeness (QED) is 0.575. The Morgan fingerprint density at radius 3 is 2.69 bits per heavy atom. The molecule has 1 aromatic carbocycles. The molecule has 0 radical (unpaired) electrons. The van der Waals surface area contributed by atoms with Crippen molar-refractivity contribution in [3.63, 3.8) is 0 Å². The van der Waals surface area contributed by atoms with Gasteiger partial charge in [0.15, 0.2) is 0 Å². The number of nitrogens with zero attached hydrogens (tertiary/aromatic N) is 4. The van der Waals surface area contributed by atoms with E-state index in [0.29, 0.717) is 18.0 Å². The monoisotopic (exact) mass is 412 g/mol. The third-order valence-corrected chi connectivity index (χ3v) is 6.35. The van der Waals surface area contributed by atoms with Crippen LogP contribution in [0.2, 0.25) is 0 Å². The molecular formula is C20H24N6O2S. The maximum absolute atomic E-state index is 12.7. The molecule has 1 saturated heterocycles. The fourth-order valence-electron chi connectivity index (χ4n) is 3.47. The number of sulfonamides is 1. The van der Waals surface area contributed by atoms with E-state index in [0.717, 1.165) is 30.0 Å². The molecule has 3 heterocycles. The predicted octanol–water partition coefficient (Wildman–Crippen LogP) is 2.32. The van der Waals surface area contributed by atoms with Gasteiger partial charge in [0, 0.05) is 49.5 Å². The number of anilines is 2. The molecule has 0 amide bonds. The van der Waals surface area contributed by atoms with Gasteiger partial charge in [-0.05, 0) is 31.9 Å². The number of rotatable bonds is 7. The SMILES string of the molecule is Cc1cc(N2CCCC2)nc(NCCNS(=O)(=O)c2cccc3cccnc23)n1. The predicted molar refractivity (Wildman–Crippen MR) is 114 cm³/mol. The Hall–Kier alpha value is -2.78. The molecule has 4 rings (SSSR count). The van der Waals surface area contributed by atoms with Crippen LogP contribution in [0.5, 0.6) is 0 Å². The van der Waals surface area contributed by atoms with Crippen molar-refractivity contribution in [1.82, 2.24) is 19.7 Å². The number of aromatic nitrogens is 3. The van der Waals surface area contributed by atoms with Crippen molar-refractivity contribution in [1.29, 1.82) is 0 Å². The average molecular weight is 413 g/mol. The molecule has 8 nitrogen and oxygen atoms in total. The summed E-state index contributed by atoms with van der Waals surface area (Å²) in [4.78, 5) is 15.6. The molecule has 1 aliphatic heterocycles. The molecule has 3 aromatic rings. The number of aryl methyl sites for hydroxylation is 1. The van der Waals surface area contributed by atoms with Crippen molar-refractivity contribution in [2.45, 2.75) is 24.7 Å². The van der Waals surface area contributed by atoms with Crippen molar-refractivity contribution in [2.24, 2.45) is 0 Å². The highest BCUT2D eigenvalue weighted by Gasteiger charge is 2.18. The highest BCUT2D eigenvalue weighted by atomic mass is 32.2. The minimum absolute atomic E-state index is 0.179. The number of hydrogen-bond acceptors (Lipinski definition) is 7. The van der Waals surface area contributed by atoms with E-state index < -0.39 is 10.0 Å². The van der Waals surface area contributed by atoms with Crippen molar-refractivity contribution in [2.75, 3.05) is 36.4 Å². The first-order valence-corrected chi connectivity index (χ1v) is 11.2. The molecule has 2 aromatic heterocycles. The fraction of sp³-hybridized carbons (Fsp3) is 0.350. The standard InChI is InChI=1S/C20H24N6O2S/c1-15-14-18(26-12-2-3-13-26)25-20(24-15)22-10-11-23-29(27,28)17-8-4-6-16-7-5-9-21-19(16)17/h4-9,14,23H,2-3,10-13H2,1H3,(H,22,24,25). The van der Waals surface area contributed by atoms with Crippen molar-refractivity contribution in [3.8, 4) is 0 Å². The van der Waals surface area contributed by atoms with Crippen LogP contribution < -0.4 is 14.9 Å². The summed E-state index contributed by atoms with van der Waals surface area (Å²) >= 11 is 0. The summed E-state index contributed by atoms with van der Waals surface area (Å²) in [6, 6.07) is 10.7. The van der Waals surface area contributed by atoms with Crippen molar-refractivity contribution < 1.29 is 8.42 Å². The number of hydrogen-bond donors (Lipinski definition) is 2. The van der Waals surface area contributed by atoms with Crippen LogP contribution in [0.3, 0.4) is 0 Å². The van der Waals surface area contributed by atoms with Crippen LogP contribution in [0.4, 0.5) is 11.8 Å². The van der Waals surface area contributed by atoms with Gasteiger partial charge in [-0.2, -0.15) is 4.98 Å². The minimum atomic E-state index is -3.67. The van der Waals surface area contributed by atoms with Gasteiger partial charge in [-0.15, -0.1) is 0 Å². The molecule has 1 aliphatic rings. The Labute approximate surface area is 170 Å². The summed E-state index contributed by atoms with van der Waals surface area (Å²) in [5.41, 5.74) is 1.35. The lowest BCUT2D eigenvalue weighted by molar-refractivity contribution is 0.583. The van der Waals surface area contributed by atoms with E-state index in [2.05, 4.69) is 29.9 Å². The second-order valence-corrected chi connectivity index (χ2v) is 8.78. The molecule has 1 fully saturated rings. The zero-order chi connectivity index (χ0) is 20.3. The number of para-hydroxylation sites is 1. The van der Waals surface area contributed by atoms with Crippen LogP contribution in [-0.4, -0.2) is 49.5 Å². The van der Waals surface area contributed by atoms with Crippen LogP contribution in [0.25, 0.3) is 10.9 Å². The highest BCUT2D eigenvalue weighted by Crippen LogP contribution is 2.21. The second kappa shape index (κ2) is 8.30. The molecule has 9 heteroatoms. The van der Waals surface area contributed by atoms with E-state index in [4.69, 9.17) is 0 Å². The van der Waals surface area contributed by atoms with E-state index in [9.17, 15) is 8.42 Å². The van der Waals surface area contributed by atoms with Gasteiger partial charge in [0.05, 0.1) is 5.52 Å². The molecule has 0 bridgehead atoms. The Balaban J connectivity index is 1.40. The van der Waals surface area contributed by atoms with Crippen LogP contribution in [-0.2, 0) is 10.0 Å².